The fraction of sp³-hybridized carbons (Fsp3) is 0.238. The monoisotopic (exact) mass is 346 g/mol. The lowest BCUT2D eigenvalue weighted by molar-refractivity contribution is 0.102. The number of anilines is 2. The number of likely N-dealkylation sites (N-methyl/N-ethyl adjacent to an activating group) is 1. The van der Waals surface area contributed by atoms with Crippen molar-refractivity contribution in [2.45, 2.75) is 0 Å². The van der Waals surface area contributed by atoms with Crippen LogP contribution < -0.4 is 10.2 Å². The number of nitrogens with zero attached hydrogens (tertiary/aromatic N) is 3. The molecule has 1 amide bonds. The molecule has 3 aromatic rings. The highest BCUT2D eigenvalue weighted by Crippen LogP contribution is 2.20. The zero-order chi connectivity index (χ0) is 17.9. The van der Waals surface area contributed by atoms with Gasteiger partial charge >= 0.3 is 0 Å². The van der Waals surface area contributed by atoms with Crippen LogP contribution in [-0.2, 0) is 0 Å². The Kier molecular flexibility index (Phi) is 4.54. The summed E-state index contributed by atoms with van der Waals surface area (Å²) in [6, 6.07) is 17.7. The molecule has 2 aromatic carbocycles. The van der Waals surface area contributed by atoms with E-state index in [4.69, 9.17) is 0 Å². The second-order valence-corrected chi connectivity index (χ2v) is 6.71. The highest BCUT2D eigenvalue weighted by molar-refractivity contribution is 6.05. The molecule has 4 rings (SSSR count). The number of piperazine rings is 1. The molecule has 0 aliphatic carbocycles. The number of aromatic nitrogens is 1. The number of benzene rings is 2. The predicted octanol–water partition coefficient (Wildman–Crippen LogP) is 3.24. The summed E-state index contributed by atoms with van der Waals surface area (Å²) in [5.74, 6) is -0.143. The minimum Gasteiger partial charge on any atom is -0.369 e. The molecule has 0 radical (unpaired) electrons. The largest absolute Gasteiger partial charge is 0.369 e. The summed E-state index contributed by atoms with van der Waals surface area (Å²) in [6.07, 6.45) is 1.62. The van der Waals surface area contributed by atoms with Crippen molar-refractivity contribution in [3.63, 3.8) is 0 Å². The van der Waals surface area contributed by atoms with Gasteiger partial charge in [0.05, 0.1) is 11.1 Å². The second-order valence-electron chi connectivity index (χ2n) is 6.71. The van der Waals surface area contributed by atoms with Gasteiger partial charge < -0.3 is 15.1 Å². The van der Waals surface area contributed by atoms with Crippen LogP contribution in [0.2, 0.25) is 0 Å². The molecule has 0 unspecified atom stereocenters. The summed E-state index contributed by atoms with van der Waals surface area (Å²) >= 11 is 0. The number of hydrogen-bond acceptors (Lipinski definition) is 4. The van der Waals surface area contributed by atoms with Gasteiger partial charge in [0.15, 0.2) is 0 Å². The van der Waals surface area contributed by atoms with Gasteiger partial charge in [-0.05, 0) is 43.4 Å². The highest BCUT2D eigenvalue weighted by atomic mass is 16.1. The summed E-state index contributed by atoms with van der Waals surface area (Å²) < 4.78 is 0. The Bertz CT molecular complexity index is 915. The molecule has 5 nitrogen and oxygen atoms in total. The van der Waals surface area contributed by atoms with Crippen molar-refractivity contribution in [2.75, 3.05) is 43.4 Å². The number of pyridine rings is 1. The van der Waals surface area contributed by atoms with Crippen molar-refractivity contribution in [2.24, 2.45) is 0 Å². The summed E-state index contributed by atoms with van der Waals surface area (Å²) in [5.41, 5.74) is 3.44. The molecule has 132 valence electrons. The van der Waals surface area contributed by atoms with Crippen molar-refractivity contribution in [3.8, 4) is 0 Å². The van der Waals surface area contributed by atoms with E-state index >= 15 is 0 Å². The third-order valence-electron chi connectivity index (χ3n) is 4.85. The number of para-hydroxylation sites is 1. The first kappa shape index (κ1) is 16.5. The van der Waals surface area contributed by atoms with Crippen LogP contribution in [0, 0.1) is 0 Å². The average molecular weight is 346 g/mol. The van der Waals surface area contributed by atoms with E-state index in [1.165, 1.54) is 5.69 Å². The summed E-state index contributed by atoms with van der Waals surface area (Å²) in [5, 5.41) is 3.92. The smallest absolute Gasteiger partial charge is 0.257 e. The number of carbonyl (C=O) groups is 1. The van der Waals surface area contributed by atoms with Crippen molar-refractivity contribution < 1.29 is 4.79 Å². The molecule has 0 bridgehead atoms. The third-order valence-corrected chi connectivity index (χ3v) is 4.85. The first-order chi connectivity index (χ1) is 12.7. The average Bonchev–Trinajstić information content (AvgIpc) is 2.69. The first-order valence-electron chi connectivity index (χ1n) is 8.89. The Morgan fingerprint density at radius 1 is 1.00 bits per heavy atom. The van der Waals surface area contributed by atoms with Gasteiger partial charge in [0, 0.05) is 49.1 Å². The standard InChI is InChI=1S/C21H22N4O/c1-24-10-12-25(13-11-24)19-8-6-18(7-9-19)23-21(26)17-14-16-4-2-3-5-20(16)22-15-17/h2-9,14-15H,10-13H2,1H3,(H,23,26). The number of amides is 1. The van der Waals surface area contributed by atoms with E-state index in [0.29, 0.717) is 5.56 Å². The Morgan fingerprint density at radius 3 is 2.50 bits per heavy atom. The van der Waals surface area contributed by atoms with Crippen molar-refractivity contribution in [3.05, 3.63) is 66.4 Å². The van der Waals surface area contributed by atoms with E-state index < -0.39 is 0 Å². The normalized spacial score (nSPS) is 15.2. The molecule has 1 fully saturated rings. The van der Waals surface area contributed by atoms with E-state index in [2.05, 4.69) is 39.3 Å². The number of carbonyl (C=O) groups excluding carboxylic acids is 1. The van der Waals surface area contributed by atoms with Gasteiger partial charge in [0.25, 0.3) is 5.91 Å². The van der Waals surface area contributed by atoms with E-state index in [9.17, 15) is 4.79 Å². The maximum Gasteiger partial charge on any atom is 0.257 e. The molecule has 0 spiro atoms. The lowest BCUT2D eigenvalue weighted by Gasteiger charge is -2.34. The van der Waals surface area contributed by atoms with Gasteiger partial charge in [-0.25, -0.2) is 0 Å². The van der Waals surface area contributed by atoms with E-state index in [1.807, 2.05) is 42.5 Å². The molecule has 0 atom stereocenters. The molecule has 1 N–H and O–H groups in total. The van der Waals surface area contributed by atoms with Crippen LogP contribution in [0.3, 0.4) is 0 Å². The quantitative estimate of drug-likeness (QED) is 0.791. The lowest BCUT2D eigenvalue weighted by Crippen LogP contribution is -2.44. The molecule has 1 aromatic heterocycles. The van der Waals surface area contributed by atoms with Gasteiger partial charge in [0.1, 0.15) is 0 Å². The highest BCUT2D eigenvalue weighted by Gasteiger charge is 2.14. The van der Waals surface area contributed by atoms with E-state index in [0.717, 1.165) is 42.8 Å². The predicted molar refractivity (Wildman–Crippen MR) is 106 cm³/mol. The van der Waals surface area contributed by atoms with Gasteiger partial charge in [-0.15, -0.1) is 0 Å². The minimum absolute atomic E-state index is 0.143. The van der Waals surface area contributed by atoms with Crippen LogP contribution in [-0.4, -0.2) is 49.0 Å². The zero-order valence-electron chi connectivity index (χ0n) is 14.9. The molecule has 2 heterocycles. The molecule has 26 heavy (non-hydrogen) atoms. The molecular weight excluding hydrogens is 324 g/mol. The SMILES string of the molecule is CN1CCN(c2ccc(NC(=O)c3cnc4ccccc4c3)cc2)CC1. The van der Waals surface area contributed by atoms with Crippen LogP contribution in [0.5, 0.6) is 0 Å². The van der Waals surface area contributed by atoms with Crippen LogP contribution in [0.4, 0.5) is 11.4 Å². The molecule has 1 aliphatic rings. The van der Waals surface area contributed by atoms with Crippen LogP contribution in [0.15, 0.2) is 60.8 Å². The fourth-order valence-electron chi connectivity index (χ4n) is 3.22. The van der Waals surface area contributed by atoms with E-state index in [1.54, 1.807) is 6.20 Å². The van der Waals surface area contributed by atoms with Crippen molar-refractivity contribution in [1.82, 2.24) is 9.88 Å². The Hall–Kier alpha value is -2.92. The van der Waals surface area contributed by atoms with Crippen LogP contribution in [0.1, 0.15) is 10.4 Å². The first-order valence-corrected chi connectivity index (χ1v) is 8.89. The molecular formula is C21H22N4O. The topological polar surface area (TPSA) is 48.5 Å². The number of nitrogens with one attached hydrogen (secondary N) is 1. The minimum atomic E-state index is -0.143. The zero-order valence-corrected chi connectivity index (χ0v) is 14.9. The summed E-state index contributed by atoms with van der Waals surface area (Å²) in [6.45, 7) is 4.22. The fourth-order valence-corrected chi connectivity index (χ4v) is 3.22. The molecule has 1 aliphatic heterocycles. The maximum atomic E-state index is 12.5. The van der Waals surface area contributed by atoms with E-state index in [-0.39, 0.29) is 5.91 Å². The van der Waals surface area contributed by atoms with Crippen molar-refractivity contribution >= 4 is 28.2 Å². The Balaban J connectivity index is 1.45. The van der Waals surface area contributed by atoms with Crippen molar-refractivity contribution in [1.29, 1.82) is 0 Å². The third kappa shape index (κ3) is 3.53. The lowest BCUT2D eigenvalue weighted by atomic mass is 10.1. The van der Waals surface area contributed by atoms with Gasteiger partial charge in [-0.3, -0.25) is 9.78 Å². The Labute approximate surface area is 153 Å². The van der Waals surface area contributed by atoms with Crippen LogP contribution in [0.25, 0.3) is 10.9 Å². The maximum absolute atomic E-state index is 12.5. The van der Waals surface area contributed by atoms with Gasteiger partial charge in [-0.1, -0.05) is 18.2 Å². The number of fused-ring (bicyclic) bond motifs is 1. The summed E-state index contributed by atoms with van der Waals surface area (Å²) in [7, 11) is 2.15. The Morgan fingerprint density at radius 2 is 1.73 bits per heavy atom. The van der Waals surface area contributed by atoms with Gasteiger partial charge in [-0.2, -0.15) is 0 Å². The van der Waals surface area contributed by atoms with Gasteiger partial charge in [0.2, 0.25) is 0 Å². The molecule has 1 saturated heterocycles. The number of hydrogen-bond donors (Lipinski definition) is 1. The molecule has 0 saturated carbocycles. The molecule has 5 heteroatoms. The number of rotatable bonds is 3. The van der Waals surface area contributed by atoms with Crippen LogP contribution >= 0.6 is 0 Å². The summed E-state index contributed by atoms with van der Waals surface area (Å²) in [4.78, 5) is 21.6. The second kappa shape index (κ2) is 7.14.